The summed E-state index contributed by atoms with van der Waals surface area (Å²) in [6.45, 7) is 7.34. The SMILES string of the molecule is Cc1cc(C)c(C(=O)N2CCC3(CCNC3)CC2)c(=O)[nH]1.Cl. The van der Waals surface area contributed by atoms with Crippen LogP contribution in [0.4, 0.5) is 0 Å². The van der Waals surface area contributed by atoms with Crippen LogP contribution in [0.1, 0.15) is 40.9 Å². The van der Waals surface area contributed by atoms with E-state index >= 15 is 0 Å². The van der Waals surface area contributed by atoms with Gasteiger partial charge in [-0.1, -0.05) is 0 Å². The van der Waals surface area contributed by atoms with Crippen LogP contribution in [-0.2, 0) is 0 Å². The van der Waals surface area contributed by atoms with Gasteiger partial charge in [0.05, 0.1) is 0 Å². The molecule has 22 heavy (non-hydrogen) atoms. The number of carbonyl (C=O) groups is 1. The molecule has 6 heteroatoms. The fraction of sp³-hybridized carbons (Fsp3) is 0.625. The number of aryl methyl sites for hydroxylation is 2. The second kappa shape index (κ2) is 6.42. The van der Waals surface area contributed by atoms with Gasteiger partial charge in [-0.15, -0.1) is 12.4 Å². The number of nitrogens with zero attached hydrogens (tertiary/aromatic N) is 1. The monoisotopic (exact) mass is 325 g/mol. The third kappa shape index (κ3) is 3.06. The average molecular weight is 326 g/mol. The predicted molar refractivity (Wildman–Crippen MR) is 88.8 cm³/mol. The third-order valence-electron chi connectivity index (χ3n) is 5.02. The first-order valence-electron chi connectivity index (χ1n) is 7.71. The van der Waals surface area contributed by atoms with Gasteiger partial charge in [-0.3, -0.25) is 9.59 Å². The quantitative estimate of drug-likeness (QED) is 0.825. The highest BCUT2D eigenvalue weighted by Crippen LogP contribution is 2.37. The molecule has 0 aliphatic carbocycles. The number of pyridine rings is 1. The van der Waals surface area contributed by atoms with Gasteiger partial charge in [0.15, 0.2) is 0 Å². The van der Waals surface area contributed by atoms with Crippen LogP contribution in [0.25, 0.3) is 0 Å². The number of carbonyl (C=O) groups excluding carboxylic acids is 1. The molecule has 1 spiro atoms. The molecular weight excluding hydrogens is 302 g/mol. The largest absolute Gasteiger partial charge is 0.338 e. The number of aromatic nitrogens is 1. The highest BCUT2D eigenvalue weighted by atomic mass is 35.5. The van der Waals surface area contributed by atoms with Crippen LogP contribution < -0.4 is 10.9 Å². The molecule has 0 bridgehead atoms. The molecule has 2 aliphatic heterocycles. The number of piperidine rings is 1. The number of rotatable bonds is 1. The van der Waals surface area contributed by atoms with Crippen molar-refractivity contribution in [1.29, 1.82) is 0 Å². The lowest BCUT2D eigenvalue weighted by Gasteiger charge is -2.38. The van der Waals surface area contributed by atoms with Crippen molar-refractivity contribution in [2.45, 2.75) is 33.1 Å². The van der Waals surface area contributed by atoms with Crippen molar-refractivity contribution in [3.63, 3.8) is 0 Å². The molecule has 2 aliphatic rings. The number of halogens is 1. The number of aromatic amines is 1. The van der Waals surface area contributed by atoms with E-state index in [1.807, 2.05) is 24.8 Å². The number of nitrogens with one attached hydrogen (secondary N) is 2. The van der Waals surface area contributed by atoms with Gasteiger partial charge in [-0.2, -0.15) is 0 Å². The highest BCUT2D eigenvalue weighted by Gasteiger charge is 2.38. The lowest BCUT2D eigenvalue weighted by molar-refractivity contribution is 0.0605. The van der Waals surface area contributed by atoms with Gasteiger partial charge in [-0.25, -0.2) is 0 Å². The van der Waals surface area contributed by atoms with Crippen molar-refractivity contribution < 1.29 is 4.79 Å². The molecule has 2 fully saturated rings. The van der Waals surface area contributed by atoms with E-state index in [9.17, 15) is 9.59 Å². The van der Waals surface area contributed by atoms with Gasteiger partial charge in [-0.05, 0) is 56.7 Å². The van der Waals surface area contributed by atoms with Crippen LogP contribution in [-0.4, -0.2) is 42.0 Å². The lowest BCUT2D eigenvalue weighted by Crippen LogP contribution is -2.45. The minimum atomic E-state index is -0.264. The molecule has 0 atom stereocenters. The zero-order chi connectivity index (χ0) is 15.0. The van der Waals surface area contributed by atoms with E-state index in [0.717, 1.165) is 50.3 Å². The first kappa shape index (κ1) is 17.0. The Bertz CT molecular complexity index is 610. The third-order valence-corrected chi connectivity index (χ3v) is 5.02. The Morgan fingerprint density at radius 3 is 2.45 bits per heavy atom. The second-order valence-electron chi connectivity index (χ2n) is 6.56. The van der Waals surface area contributed by atoms with Crippen molar-refractivity contribution in [2.24, 2.45) is 5.41 Å². The maximum absolute atomic E-state index is 12.6. The molecule has 122 valence electrons. The molecular formula is C16H24ClN3O2. The van der Waals surface area contributed by atoms with Gasteiger partial charge < -0.3 is 15.2 Å². The van der Waals surface area contributed by atoms with E-state index in [1.165, 1.54) is 6.42 Å². The van der Waals surface area contributed by atoms with Crippen molar-refractivity contribution in [3.05, 3.63) is 33.2 Å². The maximum Gasteiger partial charge on any atom is 0.261 e. The van der Waals surface area contributed by atoms with Crippen LogP contribution in [0.2, 0.25) is 0 Å². The normalized spacial score (nSPS) is 20.0. The molecule has 0 radical (unpaired) electrons. The van der Waals surface area contributed by atoms with Gasteiger partial charge >= 0.3 is 0 Å². The van der Waals surface area contributed by atoms with Crippen LogP contribution in [0, 0.1) is 19.3 Å². The van der Waals surface area contributed by atoms with Crippen molar-refractivity contribution in [1.82, 2.24) is 15.2 Å². The molecule has 5 nitrogen and oxygen atoms in total. The van der Waals surface area contributed by atoms with E-state index in [0.29, 0.717) is 11.0 Å². The molecule has 0 saturated carbocycles. The van der Waals surface area contributed by atoms with E-state index in [-0.39, 0.29) is 23.9 Å². The van der Waals surface area contributed by atoms with E-state index < -0.39 is 0 Å². The Hall–Kier alpha value is -1.33. The molecule has 0 aromatic carbocycles. The van der Waals surface area contributed by atoms with Gasteiger partial charge in [0, 0.05) is 25.3 Å². The van der Waals surface area contributed by atoms with Crippen molar-refractivity contribution in [2.75, 3.05) is 26.2 Å². The summed E-state index contributed by atoms with van der Waals surface area (Å²) in [6.07, 6.45) is 3.28. The van der Waals surface area contributed by atoms with Crippen LogP contribution in [0.5, 0.6) is 0 Å². The molecule has 1 aromatic rings. The first-order chi connectivity index (χ1) is 10.0. The summed E-state index contributed by atoms with van der Waals surface area (Å²) < 4.78 is 0. The summed E-state index contributed by atoms with van der Waals surface area (Å²) in [7, 11) is 0. The number of hydrogen-bond acceptors (Lipinski definition) is 3. The fourth-order valence-corrected chi connectivity index (χ4v) is 3.68. The van der Waals surface area contributed by atoms with E-state index in [1.54, 1.807) is 0 Å². The van der Waals surface area contributed by atoms with Crippen LogP contribution in [0.3, 0.4) is 0 Å². The second-order valence-corrected chi connectivity index (χ2v) is 6.56. The number of likely N-dealkylation sites (tertiary alicyclic amines) is 1. The first-order valence-corrected chi connectivity index (χ1v) is 7.71. The number of amides is 1. The molecule has 2 N–H and O–H groups in total. The lowest BCUT2D eigenvalue weighted by atomic mass is 9.77. The van der Waals surface area contributed by atoms with Gasteiger partial charge in [0.1, 0.15) is 5.56 Å². The minimum absolute atomic E-state index is 0. The van der Waals surface area contributed by atoms with Crippen LogP contribution >= 0.6 is 12.4 Å². The fourth-order valence-electron chi connectivity index (χ4n) is 3.68. The number of hydrogen-bond donors (Lipinski definition) is 2. The molecule has 0 unspecified atom stereocenters. The molecule has 1 aromatic heterocycles. The Balaban J connectivity index is 0.00000176. The standard InChI is InChI=1S/C16H23N3O2.ClH/c1-11-9-12(2)18-14(20)13(11)15(21)19-7-4-16(5-8-19)3-6-17-10-16;/h9,17H,3-8,10H2,1-2H3,(H,18,20);1H. The zero-order valence-electron chi connectivity index (χ0n) is 13.2. The van der Waals surface area contributed by atoms with Crippen LogP contribution in [0.15, 0.2) is 10.9 Å². The summed E-state index contributed by atoms with van der Waals surface area (Å²) >= 11 is 0. The molecule has 3 heterocycles. The van der Waals surface area contributed by atoms with Crippen molar-refractivity contribution >= 4 is 18.3 Å². The zero-order valence-corrected chi connectivity index (χ0v) is 14.0. The summed E-state index contributed by atoms with van der Waals surface area (Å²) in [6, 6.07) is 1.86. The van der Waals surface area contributed by atoms with Crippen molar-refractivity contribution in [3.8, 4) is 0 Å². The summed E-state index contributed by atoms with van der Waals surface area (Å²) in [4.78, 5) is 29.3. The summed E-state index contributed by atoms with van der Waals surface area (Å²) in [5.74, 6) is -0.116. The van der Waals surface area contributed by atoms with Gasteiger partial charge in [0.25, 0.3) is 11.5 Å². The Labute approximate surface area is 136 Å². The van der Waals surface area contributed by atoms with Gasteiger partial charge in [0.2, 0.25) is 0 Å². The smallest absolute Gasteiger partial charge is 0.261 e. The molecule has 3 rings (SSSR count). The molecule has 2 saturated heterocycles. The highest BCUT2D eigenvalue weighted by molar-refractivity contribution is 5.95. The topological polar surface area (TPSA) is 65.2 Å². The molecule has 1 amide bonds. The average Bonchev–Trinajstić information content (AvgIpc) is 2.86. The Morgan fingerprint density at radius 1 is 1.23 bits per heavy atom. The predicted octanol–water partition coefficient (Wildman–Crippen LogP) is 1.63. The minimum Gasteiger partial charge on any atom is -0.338 e. The maximum atomic E-state index is 12.6. The summed E-state index contributed by atoms with van der Waals surface area (Å²) in [5.41, 5.74) is 1.99. The van der Waals surface area contributed by atoms with E-state index in [2.05, 4.69) is 10.3 Å². The Kier molecular flexibility index (Phi) is 4.97. The summed E-state index contributed by atoms with van der Waals surface area (Å²) in [5, 5.41) is 3.42. The van der Waals surface area contributed by atoms with E-state index in [4.69, 9.17) is 0 Å². The number of H-pyrrole nitrogens is 1. The Morgan fingerprint density at radius 2 is 1.91 bits per heavy atom.